The molecule has 0 heterocycles. The van der Waals surface area contributed by atoms with Crippen molar-refractivity contribution >= 4 is 23.4 Å². The molecule has 0 saturated carbocycles. The maximum absolute atomic E-state index is 11.7. The van der Waals surface area contributed by atoms with Gasteiger partial charge in [-0.2, -0.15) is 10.4 Å². The van der Waals surface area contributed by atoms with Gasteiger partial charge < -0.3 is 9.84 Å². The van der Waals surface area contributed by atoms with Gasteiger partial charge in [0.15, 0.2) is 0 Å². The Labute approximate surface area is 120 Å². The van der Waals surface area contributed by atoms with Gasteiger partial charge in [-0.05, 0) is 30.8 Å². The van der Waals surface area contributed by atoms with Crippen molar-refractivity contribution in [2.24, 2.45) is 10.2 Å². The van der Waals surface area contributed by atoms with Gasteiger partial charge in [-0.25, -0.2) is 4.79 Å². The van der Waals surface area contributed by atoms with E-state index in [0.29, 0.717) is 5.69 Å². The third-order valence-corrected chi connectivity index (χ3v) is 2.58. The number of azo groups is 1. The molecule has 0 aliphatic carbocycles. The number of nitrogens with zero attached hydrogens (tertiary/aromatic N) is 3. The molecule has 0 aromatic heterocycles. The molecule has 7 heteroatoms. The summed E-state index contributed by atoms with van der Waals surface area (Å²) in [6.45, 7) is 1.80. The van der Waals surface area contributed by atoms with Crippen LogP contribution >= 0.6 is 11.8 Å². The molecule has 0 aliphatic heterocycles. The van der Waals surface area contributed by atoms with Crippen molar-refractivity contribution in [3.05, 3.63) is 41.8 Å². The molecule has 0 unspecified atom stereocenters. The zero-order chi connectivity index (χ0) is 14.8. The van der Waals surface area contributed by atoms with Crippen LogP contribution in [0.1, 0.15) is 6.92 Å². The van der Waals surface area contributed by atoms with Crippen molar-refractivity contribution in [1.82, 2.24) is 0 Å². The molecule has 1 aromatic carbocycles. The second kappa shape index (κ2) is 8.72. The van der Waals surface area contributed by atoms with Gasteiger partial charge in [0.1, 0.15) is 11.2 Å². The first kappa shape index (κ1) is 15.7. The molecule has 0 bridgehead atoms. The average molecular weight is 291 g/mol. The van der Waals surface area contributed by atoms with Gasteiger partial charge in [0.05, 0.1) is 18.0 Å². The lowest BCUT2D eigenvalue weighted by Gasteiger charge is -2.03. The molecule has 0 spiro atoms. The largest absolute Gasteiger partial charge is 0.509 e. The Morgan fingerprint density at radius 1 is 1.45 bits per heavy atom. The van der Waals surface area contributed by atoms with E-state index in [2.05, 4.69) is 10.2 Å². The van der Waals surface area contributed by atoms with Crippen molar-refractivity contribution in [1.29, 1.82) is 5.26 Å². The number of carbonyl (C=O) groups excluding carboxylic acids is 1. The Balaban J connectivity index is 2.96. The van der Waals surface area contributed by atoms with Gasteiger partial charge in [-0.3, -0.25) is 0 Å². The monoisotopic (exact) mass is 291 g/mol. The number of hydrogen-bond acceptors (Lipinski definition) is 7. The minimum absolute atomic E-state index is 0.0571. The molecule has 0 radical (unpaired) electrons. The van der Waals surface area contributed by atoms with E-state index in [4.69, 9.17) is 10.00 Å². The van der Waals surface area contributed by atoms with Crippen molar-refractivity contribution in [3.8, 4) is 5.40 Å². The standard InChI is InChI=1S/C13H13N3O3S/c1-2-19-13(18)12(11(17)8-20-9-14)16-15-10-6-4-3-5-7-10/h3-7,17H,2,8H2,1H3/b12-11+,16-15?. The van der Waals surface area contributed by atoms with Gasteiger partial charge in [0, 0.05) is 0 Å². The number of thioether (sulfide) groups is 1. The number of benzene rings is 1. The molecule has 0 amide bonds. The Bertz CT molecular complexity index is 550. The fourth-order valence-electron chi connectivity index (χ4n) is 1.19. The van der Waals surface area contributed by atoms with Gasteiger partial charge >= 0.3 is 5.97 Å². The van der Waals surface area contributed by atoms with Crippen LogP contribution in [-0.2, 0) is 9.53 Å². The van der Waals surface area contributed by atoms with E-state index in [1.54, 1.807) is 36.6 Å². The fraction of sp³-hybridized carbons (Fsp3) is 0.231. The van der Waals surface area contributed by atoms with E-state index in [0.717, 1.165) is 11.8 Å². The second-order valence-electron chi connectivity index (χ2n) is 3.43. The predicted molar refractivity (Wildman–Crippen MR) is 75.3 cm³/mol. The van der Waals surface area contributed by atoms with E-state index in [1.807, 2.05) is 6.07 Å². The Hall–Kier alpha value is -2.33. The van der Waals surface area contributed by atoms with Crippen LogP contribution in [0.5, 0.6) is 0 Å². The van der Waals surface area contributed by atoms with Crippen LogP contribution < -0.4 is 0 Å². The van der Waals surface area contributed by atoms with Crippen LogP contribution in [0.15, 0.2) is 52.0 Å². The summed E-state index contributed by atoms with van der Waals surface area (Å²) < 4.78 is 4.79. The first-order valence-corrected chi connectivity index (χ1v) is 6.74. The normalized spacial score (nSPS) is 11.8. The molecule has 1 N–H and O–H groups in total. The number of rotatable bonds is 6. The van der Waals surface area contributed by atoms with Crippen LogP contribution in [-0.4, -0.2) is 23.4 Å². The second-order valence-corrected chi connectivity index (χ2v) is 4.19. The molecular formula is C13H13N3O3S. The Morgan fingerprint density at radius 2 is 2.15 bits per heavy atom. The summed E-state index contributed by atoms with van der Waals surface area (Å²) in [5.41, 5.74) is 0.244. The number of aliphatic hydroxyl groups excluding tert-OH is 1. The predicted octanol–water partition coefficient (Wildman–Crippen LogP) is 3.32. The zero-order valence-corrected chi connectivity index (χ0v) is 11.6. The summed E-state index contributed by atoms with van der Waals surface area (Å²) in [6, 6.07) is 8.77. The van der Waals surface area contributed by atoms with E-state index >= 15 is 0 Å². The first-order valence-electron chi connectivity index (χ1n) is 5.76. The molecule has 0 saturated heterocycles. The van der Waals surface area contributed by atoms with E-state index in [-0.39, 0.29) is 23.8 Å². The number of nitriles is 1. The quantitative estimate of drug-likeness (QED) is 0.285. The van der Waals surface area contributed by atoms with Crippen LogP contribution in [0.2, 0.25) is 0 Å². The summed E-state index contributed by atoms with van der Waals surface area (Å²) in [7, 11) is 0. The number of esters is 1. The fourth-order valence-corrected chi connectivity index (χ4v) is 1.53. The molecule has 0 aliphatic rings. The van der Waals surface area contributed by atoms with Crippen molar-refractivity contribution in [2.75, 3.05) is 12.4 Å². The van der Waals surface area contributed by atoms with Crippen LogP contribution in [0.4, 0.5) is 5.69 Å². The highest BCUT2D eigenvalue weighted by atomic mass is 32.2. The SMILES string of the molecule is CCOC(=O)/C(N=Nc1ccccc1)=C(\O)CSC#N. The van der Waals surface area contributed by atoms with Gasteiger partial charge in [-0.15, -0.1) is 5.11 Å². The lowest BCUT2D eigenvalue weighted by molar-refractivity contribution is -0.138. The number of aliphatic hydroxyl groups is 1. The molecule has 104 valence electrons. The third-order valence-electron chi connectivity index (χ3n) is 2.04. The molecule has 0 atom stereocenters. The smallest absolute Gasteiger partial charge is 0.362 e. The summed E-state index contributed by atoms with van der Waals surface area (Å²) in [5, 5.41) is 27.6. The summed E-state index contributed by atoms with van der Waals surface area (Å²) in [4.78, 5) is 11.7. The maximum atomic E-state index is 11.7. The van der Waals surface area contributed by atoms with Crippen LogP contribution in [0, 0.1) is 10.7 Å². The van der Waals surface area contributed by atoms with Crippen LogP contribution in [0.25, 0.3) is 0 Å². The highest BCUT2D eigenvalue weighted by Crippen LogP contribution is 2.16. The highest BCUT2D eigenvalue weighted by molar-refractivity contribution is 8.03. The molecule has 0 fully saturated rings. The van der Waals surface area contributed by atoms with Gasteiger partial charge in [0.25, 0.3) is 0 Å². The minimum atomic E-state index is -0.775. The van der Waals surface area contributed by atoms with Crippen molar-refractivity contribution in [2.45, 2.75) is 6.92 Å². The minimum Gasteiger partial charge on any atom is -0.509 e. The summed E-state index contributed by atoms with van der Waals surface area (Å²) in [6.07, 6.45) is 0. The topological polar surface area (TPSA) is 95.0 Å². The average Bonchev–Trinajstić information content (AvgIpc) is 2.46. The van der Waals surface area contributed by atoms with Crippen molar-refractivity contribution in [3.63, 3.8) is 0 Å². The number of thiocyanates is 1. The summed E-state index contributed by atoms with van der Waals surface area (Å²) in [5.74, 6) is -1.17. The third kappa shape index (κ3) is 5.12. The van der Waals surface area contributed by atoms with Crippen LogP contribution in [0.3, 0.4) is 0 Å². The zero-order valence-electron chi connectivity index (χ0n) is 10.8. The molecular weight excluding hydrogens is 278 g/mol. The van der Waals surface area contributed by atoms with Gasteiger partial charge in [-0.1, -0.05) is 18.2 Å². The number of carbonyl (C=O) groups is 1. The summed E-state index contributed by atoms with van der Waals surface area (Å²) >= 11 is 0.790. The maximum Gasteiger partial charge on any atom is 0.362 e. The Kier molecular flexibility index (Phi) is 6.85. The van der Waals surface area contributed by atoms with Crippen molar-refractivity contribution < 1.29 is 14.6 Å². The van der Waals surface area contributed by atoms with Gasteiger partial charge in [0.2, 0.25) is 5.70 Å². The molecule has 1 aromatic rings. The first-order chi connectivity index (χ1) is 9.69. The molecule has 20 heavy (non-hydrogen) atoms. The lowest BCUT2D eigenvalue weighted by atomic mass is 10.3. The lowest BCUT2D eigenvalue weighted by Crippen LogP contribution is -2.09. The van der Waals surface area contributed by atoms with E-state index < -0.39 is 5.97 Å². The van der Waals surface area contributed by atoms with E-state index in [9.17, 15) is 9.90 Å². The number of ether oxygens (including phenoxy) is 1. The highest BCUT2D eigenvalue weighted by Gasteiger charge is 2.16. The Morgan fingerprint density at radius 3 is 2.75 bits per heavy atom. The molecule has 6 nitrogen and oxygen atoms in total. The molecule has 1 rings (SSSR count). The number of hydrogen-bond donors (Lipinski definition) is 1. The van der Waals surface area contributed by atoms with E-state index in [1.165, 1.54) is 0 Å².